The largest absolute Gasteiger partial charge is 0.383 e. The molecular weight excluding hydrogens is 371 g/mol. The van der Waals surface area contributed by atoms with Crippen LogP contribution in [0.15, 0.2) is 42.9 Å². The first-order valence-electron chi connectivity index (χ1n) is 9.65. The van der Waals surface area contributed by atoms with Crippen LogP contribution in [0.5, 0.6) is 0 Å². The van der Waals surface area contributed by atoms with E-state index in [1.165, 1.54) is 12.4 Å². The van der Waals surface area contributed by atoms with E-state index in [9.17, 15) is 4.39 Å². The van der Waals surface area contributed by atoms with Crippen LogP contribution in [0.1, 0.15) is 31.1 Å². The number of rotatable bonds is 4. The molecule has 29 heavy (non-hydrogen) atoms. The molecule has 148 valence electrons. The molecular formula is C21H21FN6O. The molecule has 2 atom stereocenters. The second-order valence-electron chi connectivity index (χ2n) is 7.43. The summed E-state index contributed by atoms with van der Waals surface area (Å²) in [6.45, 7) is 0. The SMILES string of the molecule is Nc1nc2cc(CCC3CCC(n4ccc5c(N)ncnc54)O3)ccc2cc1F. The van der Waals surface area contributed by atoms with Gasteiger partial charge in [-0.15, -0.1) is 0 Å². The molecule has 4 N–H and O–H groups in total. The average Bonchev–Trinajstić information content (AvgIpc) is 3.35. The van der Waals surface area contributed by atoms with Crippen LogP contribution in [-0.4, -0.2) is 25.6 Å². The molecule has 0 aliphatic carbocycles. The van der Waals surface area contributed by atoms with E-state index in [1.807, 2.05) is 35.0 Å². The van der Waals surface area contributed by atoms with Gasteiger partial charge in [-0.2, -0.15) is 0 Å². The third-order valence-electron chi connectivity index (χ3n) is 5.55. The number of ether oxygens (including phenoxy) is 1. The Hall–Kier alpha value is -3.26. The monoisotopic (exact) mass is 392 g/mol. The molecule has 3 aromatic heterocycles. The second-order valence-corrected chi connectivity index (χ2v) is 7.43. The van der Waals surface area contributed by atoms with Crippen molar-refractivity contribution in [3.8, 4) is 0 Å². The van der Waals surface area contributed by atoms with Crippen LogP contribution in [-0.2, 0) is 11.2 Å². The van der Waals surface area contributed by atoms with Gasteiger partial charge in [-0.1, -0.05) is 12.1 Å². The second kappa shape index (κ2) is 6.97. The molecule has 4 heterocycles. The standard InChI is InChI=1S/C21H21FN6O/c22-16-10-13-3-1-12(9-17(13)27-20(16)24)2-4-14-5-6-18(29-14)28-8-7-15-19(23)25-11-26-21(15)28/h1,3,7-11,14,18H,2,4-6H2,(H2,24,27)(H2,23,25,26). The normalized spacial score (nSPS) is 19.3. The Morgan fingerprint density at radius 3 is 2.90 bits per heavy atom. The average molecular weight is 392 g/mol. The number of halogens is 1. The maximum atomic E-state index is 13.6. The fourth-order valence-corrected chi connectivity index (χ4v) is 4.01. The zero-order valence-corrected chi connectivity index (χ0v) is 15.8. The number of nitrogens with two attached hydrogens (primary N) is 2. The minimum atomic E-state index is -0.486. The van der Waals surface area contributed by atoms with E-state index in [0.29, 0.717) is 11.3 Å². The lowest BCUT2D eigenvalue weighted by Gasteiger charge is -2.16. The molecule has 0 spiro atoms. The highest BCUT2D eigenvalue weighted by molar-refractivity contribution is 5.86. The Bertz CT molecular complexity index is 1210. The molecule has 1 aliphatic rings. The highest BCUT2D eigenvalue weighted by Crippen LogP contribution is 2.33. The maximum Gasteiger partial charge on any atom is 0.165 e. The number of aryl methyl sites for hydroxylation is 1. The molecule has 4 aromatic rings. The van der Waals surface area contributed by atoms with Crippen molar-refractivity contribution in [3.63, 3.8) is 0 Å². The van der Waals surface area contributed by atoms with Gasteiger partial charge in [-0.25, -0.2) is 19.3 Å². The Kier molecular flexibility index (Phi) is 4.28. The first-order valence-corrected chi connectivity index (χ1v) is 9.65. The number of hydrogen-bond acceptors (Lipinski definition) is 6. The van der Waals surface area contributed by atoms with Gasteiger partial charge in [0.05, 0.1) is 17.0 Å². The summed E-state index contributed by atoms with van der Waals surface area (Å²) in [6.07, 6.45) is 7.21. The summed E-state index contributed by atoms with van der Waals surface area (Å²) in [7, 11) is 0. The van der Waals surface area contributed by atoms with E-state index in [-0.39, 0.29) is 18.1 Å². The number of hydrogen-bond donors (Lipinski definition) is 2. The summed E-state index contributed by atoms with van der Waals surface area (Å²) in [4.78, 5) is 12.5. The number of pyridine rings is 1. The predicted molar refractivity (Wildman–Crippen MR) is 110 cm³/mol. The van der Waals surface area contributed by atoms with Gasteiger partial charge in [0.15, 0.2) is 11.6 Å². The van der Waals surface area contributed by atoms with Crippen molar-refractivity contribution in [2.75, 3.05) is 11.5 Å². The zero-order valence-electron chi connectivity index (χ0n) is 15.8. The molecule has 1 fully saturated rings. The molecule has 1 saturated heterocycles. The lowest BCUT2D eigenvalue weighted by atomic mass is 10.0. The Morgan fingerprint density at radius 2 is 2.00 bits per heavy atom. The van der Waals surface area contributed by atoms with Gasteiger partial charge in [-0.05, 0) is 49.4 Å². The van der Waals surface area contributed by atoms with Crippen molar-refractivity contribution >= 4 is 33.6 Å². The Labute approximate surface area is 166 Å². The zero-order chi connectivity index (χ0) is 20.0. The number of aromatic nitrogens is 4. The molecule has 0 amide bonds. The third-order valence-corrected chi connectivity index (χ3v) is 5.55. The van der Waals surface area contributed by atoms with E-state index >= 15 is 0 Å². The lowest BCUT2D eigenvalue weighted by molar-refractivity contribution is 0.00120. The van der Waals surface area contributed by atoms with Crippen molar-refractivity contribution in [1.82, 2.24) is 19.5 Å². The van der Waals surface area contributed by atoms with E-state index in [1.54, 1.807) is 0 Å². The van der Waals surface area contributed by atoms with Gasteiger partial charge >= 0.3 is 0 Å². The van der Waals surface area contributed by atoms with Crippen molar-refractivity contribution in [1.29, 1.82) is 0 Å². The van der Waals surface area contributed by atoms with Crippen LogP contribution < -0.4 is 11.5 Å². The van der Waals surface area contributed by atoms with E-state index in [2.05, 4.69) is 15.0 Å². The molecule has 0 saturated carbocycles. The third kappa shape index (κ3) is 3.25. The van der Waals surface area contributed by atoms with Crippen LogP contribution in [0.4, 0.5) is 16.0 Å². The van der Waals surface area contributed by atoms with E-state index in [4.69, 9.17) is 16.2 Å². The Morgan fingerprint density at radius 1 is 1.10 bits per heavy atom. The first kappa shape index (κ1) is 17.8. The quantitative estimate of drug-likeness (QED) is 0.550. The summed E-state index contributed by atoms with van der Waals surface area (Å²) in [5, 5.41) is 1.59. The highest BCUT2D eigenvalue weighted by atomic mass is 19.1. The topological polar surface area (TPSA) is 105 Å². The van der Waals surface area contributed by atoms with E-state index in [0.717, 1.165) is 47.7 Å². The lowest BCUT2D eigenvalue weighted by Crippen LogP contribution is -2.12. The Balaban J connectivity index is 1.27. The first-order chi connectivity index (χ1) is 14.1. The van der Waals surface area contributed by atoms with Gasteiger partial charge in [0.25, 0.3) is 0 Å². The number of fused-ring (bicyclic) bond motifs is 2. The fourth-order valence-electron chi connectivity index (χ4n) is 4.01. The molecule has 7 nitrogen and oxygen atoms in total. The molecule has 1 aliphatic heterocycles. The van der Waals surface area contributed by atoms with Gasteiger partial charge in [0.2, 0.25) is 0 Å². The molecule has 2 unspecified atom stereocenters. The minimum absolute atomic E-state index is 0.0483. The van der Waals surface area contributed by atoms with Gasteiger partial charge in [0, 0.05) is 11.6 Å². The summed E-state index contributed by atoms with van der Waals surface area (Å²) in [6, 6.07) is 9.21. The summed E-state index contributed by atoms with van der Waals surface area (Å²) >= 11 is 0. The van der Waals surface area contributed by atoms with Crippen molar-refractivity contribution in [3.05, 3.63) is 54.2 Å². The molecule has 1 aromatic carbocycles. The van der Waals surface area contributed by atoms with Crippen molar-refractivity contribution in [2.24, 2.45) is 0 Å². The van der Waals surface area contributed by atoms with Gasteiger partial charge < -0.3 is 20.8 Å². The summed E-state index contributed by atoms with van der Waals surface area (Å²) in [5.41, 5.74) is 14.2. The molecule has 0 radical (unpaired) electrons. The number of anilines is 2. The molecule has 5 rings (SSSR count). The highest BCUT2D eigenvalue weighted by Gasteiger charge is 2.27. The predicted octanol–water partition coefficient (Wildman–Crippen LogP) is 3.59. The minimum Gasteiger partial charge on any atom is -0.383 e. The van der Waals surface area contributed by atoms with Crippen molar-refractivity contribution in [2.45, 2.75) is 38.0 Å². The summed E-state index contributed by atoms with van der Waals surface area (Å²) < 4.78 is 21.9. The van der Waals surface area contributed by atoms with Crippen LogP contribution in [0.3, 0.4) is 0 Å². The number of nitrogen functional groups attached to an aromatic ring is 2. The molecule has 0 bridgehead atoms. The van der Waals surface area contributed by atoms with Crippen LogP contribution >= 0.6 is 0 Å². The summed E-state index contributed by atoms with van der Waals surface area (Å²) in [5.74, 6) is -0.0750. The number of nitrogens with zero attached hydrogens (tertiary/aromatic N) is 4. The smallest absolute Gasteiger partial charge is 0.165 e. The van der Waals surface area contributed by atoms with Gasteiger partial charge in [-0.3, -0.25) is 0 Å². The fraction of sp³-hybridized carbons (Fsp3) is 0.286. The number of benzene rings is 1. The van der Waals surface area contributed by atoms with E-state index < -0.39 is 5.82 Å². The van der Waals surface area contributed by atoms with Crippen molar-refractivity contribution < 1.29 is 9.13 Å². The van der Waals surface area contributed by atoms with Crippen LogP contribution in [0.25, 0.3) is 21.9 Å². The maximum absolute atomic E-state index is 13.6. The van der Waals surface area contributed by atoms with Crippen LogP contribution in [0, 0.1) is 5.82 Å². The van der Waals surface area contributed by atoms with Gasteiger partial charge in [0.1, 0.15) is 24.0 Å². The van der Waals surface area contributed by atoms with Crippen LogP contribution in [0.2, 0.25) is 0 Å². The molecule has 8 heteroatoms.